The van der Waals surface area contributed by atoms with Gasteiger partial charge in [-0.1, -0.05) is 66.7 Å². The van der Waals surface area contributed by atoms with Gasteiger partial charge in [0.25, 0.3) is 11.8 Å². The van der Waals surface area contributed by atoms with Crippen LogP contribution in [0.15, 0.2) is 78.9 Å². The predicted octanol–water partition coefficient (Wildman–Crippen LogP) is 4.67. The number of imide groups is 1. The number of aryl methyl sites for hydroxylation is 1. The summed E-state index contributed by atoms with van der Waals surface area (Å²) in [5.74, 6) is -1.66. The Balaban J connectivity index is 1.60. The summed E-state index contributed by atoms with van der Waals surface area (Å²) in [6.45, 7) is 0. The van der Waals surface area contributed by atoms with Crippen LogP contribution in [0.25, 0.3) is 0 Å². The minimum Gasteiger partial charge on any atom is -0.481 e. The lowest BCUT2D eigenvalue weighted by Gasteiger charge is -2.27. The van der Waals surface area contributed by atoms with Crippen molar-refractivity contribution < 1.29 is 19.5 Å². The molecule has 5 nitrogen and oxygen atoms in total. The first kappa shape index (κ1) is 20.5. The first-order chi connectivity index (χ1) is 15.0. The highest BCUT2D eigenvalue weighted by atomic mass is 16.4. The molecule has 0 aliphatic carbocycles. The molecule has 0 fully saturated rings. The lowest BCUT2D eigenvalue weighted by molar-refractivity contribution is -0.136. The van der Waals surface area contributed by atoms with E-state index in [0.717, 1.165) is 18.4 Å². The van der Waals surface area contributed by atoms with Crippen molar-refractivity contribution in [2.75, 3.05) is 0 Å². The van der Waals surface area contributed by atoms with Gasteiger partial charge in [0.15, 0.2) is 0 Å². The van der Waals surface area contributed by atoms with Crippen molar-refractivity contribution in [2.24, 2.45) is 0 Å². The van der Waals surface area contributed by atoms with E-state index in [1.165, 1.54) is 16.5 Å². The quantitative estimate of drug-likeness (QED) is 0.545. The fraction of sp³-hybridized carbons (Fsp3) is 0.192. The highest BCUT2D eigenvalue weighted by Gasteiger charge is 2.40. The van der Waals surface area contributed by atoms with Gasteiger partial charge in [0.1, 0.15) is 0 Å². The number of nitrogens with zero attached hydrogens (tertiary/aromatic N) is 1. The topological polar surface area (TPSA) is 74.7 Å². The maximum atomic E-state index is 13.3. The van der Waals surface area contributed by atoms with Crippen molar-refractivity contribution >= 4 is 17.8 Å². The molecule has 1 aliphatic rings. The van der Waals surface area contributed by atoms with Crippen molar-refractivity contribution in [1.29, 1.82) is 0 Å². The fourth-order valence-electron chi connectivity index (χ4n) is 4.14. The van der Waals surface area contributed by atoms with Gasteiger partial charge in [0, 0.05) is 0 Å². The molecule has 0 saturated heterocycles. The molecule has 2 amide bonds. The summed E-state index contributed by atoms with van der Waals surface area (Å²) in [5, 5.41) is 9.05. The van der Waals surface area contributed by atoms with E-state index in [0.29, 0.717) is 17.5 Å². The van der Waals surface area contributed by atoms with Gasteiger partial charge in [-0.05, 0) is 48.1 Å². The summed E-state index contributed by atoms with van der Waals surface area (Å²) in [6, 6.07) is 24.1. The Morgan fingerprint density at radius 3 is 2.13 bits per heavy atom. The molecule has 156 valence electrons. The highest BCUT2D eigenvalue weighted by molar-refractivity contribution is 6.21. The Bertz CT molecular complexity index is 1110. The first-order valence-electron chi connectivity index (χ1n) is 10.4. The number of carbonyl (C=O) groups is 3. The number of amides is 2. The van der Waals surface area contributed by atoms with Gasteiger partial charge >= 0.3 is 5.97 Å². The lowest BCUT2D eigenvalue weighted by Crippen LogP contribution is -2.34. The number of carbonyl (C=O) groups excluding carboxylic acids is 2. The molecule has 5 heteroatoms. The number of aliphatic carboxylic acids is 1. The number of fused-ring (bicyclic) bond motifs is 1. The first-order valence-corrected chi connectivity index (χ1v) is 10.4. The number of hydrogen-bond acceptors (Lipinski definition) is 3. The summed E-state index contributed by atoms with van der Waals surface area (Å²) < 4.78 is 0. The van der Waals surface area contributed by atoms with Crippen molar-refractivity contribution in [3.63, 3.8) is 0 Å². The Hall–Kier alpha value is -3.73. The Kier molecular flexibility index (Phi) is 5.94. The molecule has 4 rings (SSSR count). The van der Waals surface area contributed by atoms with Crippen LogP contribution in [0.1, 0.15) is 56.3 Å². The minimum atomic E-state index is -0.975. The largest absolute Gasteiger partial charge is 0.481 e. The van der Waals surface area contributed by atoms with Gasteiger partial charge in [-0.2, -0.15) is 0 Å². The third kappa shape index (κ3) is 4.40. The molecular weight excluding hydrogens is 390 g/mol. The van der Waals surface area contributed by atoms with Crippen molar-refractivity contribution in [3.05, 3.63) is 107 Å². The number of carboxylic acids is 1. The molecule has 1 atom stereocenters. The number of carboxylic acid groups (broad SMARTS) is 1. The predicted molar refractivity (Wildman–Crippen MR) is 117 cm³/mol. The van der Waals surface area contributed by atoms with Crippen LogP contribution in [0.5, 0.6) is 0 Å². The molecule has 1 N–H and O–H groups in total. The highest BCUT2D eigenvalue weighted by Crippen LogP contribution is 2.35. The van der Waals surface area contributed by atoms with Crippen LogP contribution in [0.4, 0.5) is 0 Å². The van der Waals surface area contributed by atoms with Crippen LogP contribution in [0.2, 0.25) is 0 Å². The van der Waals surface area contributed by atoms with Crippen LogP contribution < -0.4 is 0 Å². The second-order valence-corrected chi connectivity index (χ2v) is 7.74. The smallest absolute Gasteiger partial charge is 0.307 e. The van der Waals surface area contributed by atoms with Crippen LogP contribution in [0.3, 0.4) is 0 Å². The minimum absolute atomic E-state index is 0.187. The van der Waals surface area contributed by atoms with Gasteiger partial charge in [0.2, 0.25) is 0 Å². The summed E-state index contributed by atoms with van der Waals surface area (Å²) in [4.78, 5) is 38.8. The molecule has 3 aromatic rings. The molecule has 0 spiro atoms. The van der Waals surface area contributed by atoms with E-state index in [1.54, 1.807) is 12.1 Å². The molecular formula is C26H23NO4. The third-order valence-corrected chi connectivity index (χ3v) is 5.62. The van der Waals surface area contributed by atoms with E-state index < -0.39 is 5.97 Å². The molecule has 1 aliphatic heterocycles. The molecule has 0 radical (unpaired) electrons. The zero-order valence-corrected chi connectivity index (χ0v) is 17.0. The average Bonchev–Trinajstić information content (AvgIpc) is 3.02. The monoisotopic (exact) mass is 413 g/mol. The molecule has 31 heavy (non-hydrogen) atoms. The second-order valence-electron chi connectivity index (χ2n) is 7.74. The molecule has 0 bridgehead atoms. The van der Waals surface area contributed by atoms with E-state index in [1.807, 2.05) is 48.5 Å². The van der Waals surface area contributed by atoms with Crippen LogP contribution in [-0.4, -0.2) is 27.8 Å². The number of rotatable bonds is 8. The number of hydrogen-bond donors (Lipinski definition) is 1. The van der Waals surface area contributed by atoms with Gasteiger partial charge in [-0.3, -0.25) is 19.3 Å². The average molecular weight is 413 g/mol. The van der Waals surface area contributed by atoms with Crippen molar-refractivity contribution in [2.45, 2.75) is 31.7 Å². The third-order valence-electron chi connectivity index (χ3n) is 5.62. The SMILES string of the molecule is O=C(O)Cc1ccc2c(c1)C(=O)N([C@@H](CCCc1ccccc1)c1ccccc1)C2=O. The maximum Gasteiger partial charge on any atom is 0.307 e. The Labute approximate surface area is 180 Å². The summed E-state index contributed by atoms with van der Waals surface area (Å²) >= 11 is 0. The molecule has 0 aromatic heterocycles. The zero-order valence-electron chi connectivity index (χ0n) is 17.0. The zero-order chi connectivity index (χ0) is 21.8. The van der Waals surface area contributed by atoms with Crippen LogP contribution >= 0.6 is 0 Å². The molecule has 1 heterocycles. The second kappa shape index (κ2) is 8.96. The molecule has 3 aromatic carbocycles. The van der Waals surface area contributed by atoms with E-state index in [2.05, 4.69) is 12.1 Å². The van der Waals surface area contributed by atoms with E-state index >= 15 is 0 Å². The van der Waals surface area contributed by atoms with E-state index in [-0.39, 0.29) is 29.8 Å². The Morgan fingerprint density at radius 1 is 0.806 bits per heavy atom. The summed E-state index contributed by atoms with van der Waals surface area (Å²) in [5.41, 5.74) is 3.26. The van der Waals surface area contributed by atoms with Crippen LogP contribution in [0, 0.1) is 0 Å². The molecule has 0 unspecified atom stereocenters. The summed E-state index contributed by atoms with van der Waals surface area (Å²) in [6.07, 6.45) is 2.14. The number of benzene rings is 3. The maximum absolute atomic E-state index is 13.3. The van der Waals surface area contributed by atoms with Gasteiger partial charge in [-0.25, -0.2) is 0 Å². The van der Waals surface area contributed by atoms with Crippen molar-refractivity contribution in [1.82, 2.24) is 4.90 Å². The van der Waals surface area contributed by atoms with Gasteiger partial charge in [0.05, 0.1) is 23.6 Å². The Morgan fingerprint density at radius 2 is 1.45 bits per heavy atom. The van der Waals surface area contributed by atoms with E-state index in [9.17, 15) is 14.4 Å². The standard InChI is InChI=1S/C26H23NO4/c28-24(29)17-19-14-15-21-22(16-19)26(31)27(25(21)30)23(20-11-5-2-6-12-20)13-7-10-18-8-3-1-4-9-18/h1-6,8-9,11-12,14-16,23H,7,10,13,17H2,(H,28,29)/t23-/m0/s1. The summed E-state index contributed by atoms with van der Waals surface area (Å²) in [7, 11) is 0. The van der Waals surface area contributed by atoms with E-state index in [4.69, 9.17) is 5.11 Å². The fourth-order valence-corrected chi connectivity index (χ4v) is 4.14. The van der Waals surface area contributed by atoms with Crippen molar-refractivity contribution in [3.8, 4) is 0 Å². The van der Waals surface area contributed by atoms with Gasteiger partial charge < -0.3 is 5.11 Å². The lowest BCUT2D eigenvalue weighted by atomic mass is 9.97. The van der Waals surface area contributed by atoms with Gasteiger partial charge in [-0.15, -0.1) is 0 Å². The normalized spacial score (nSPS) is 13.9. The molecule has 0 saturated carbocycles. The van der Waals surface area contributed by atoms with Crippen LogP contribution in [-0.2, 0) is 17.6 Å².